The molecule has 1 fully saturated rings. The molecule has 3 rings (SSSR count). The molecule has 1 aliphatic heterocycles. The highest BCUT2D eigenvalue weighted by atomic mass is 16.5. The largest absolute Gasteiger partial charge is 0.378 e. The quantitative estimate of drug-likeness (QED) is 0.858. The van der Waals surface area contributed by atoms with E-state index in [1.165, 1.54) is 0 Å². The van der Waals surface area contributed by atoms with E-state index in [-0.39, 0.29) is 5.91 Å². The minimum Gasteiger partial charge on any atom is -0.378 e. The van der Waals surface area contributed by atoms with Crippen molar-refractivity contribution in [2.24, 2.45) is 0 Å². The monoisotopic (exact) mass is 355 g/mol. The molecule has 0 radical (unpaired) electrons. The van der Waals surface area contributed by atoms with E-state index in [4.69, 9.17) is 4.74 Å². The SMILES string of the molecule is CCN(CC)c1ncc(C(=O)Nc2ccccc2N2CCOCC2)cn1. The molecule has 1 aromatic carbocycles. The van der Waals surface area contributed by atoms with Gasteiger partial charge >= 0.3 is 0 Å². The number of amides is 1. The van der Waals surface area contributed by atoms with Crippen molar-refractivity contribution >= 4 is 23.2 Å². The summed E-state index contributed by atoms with van der Waals surface area (Å²) in [5.74, 6) is 0.428. The van der Waals surface area contributed by atoms with Gasteiger partial charge in [0.05, 0.1) is 30.2 Å². The Kier molecular flexibility index (Phi) is 6.01. The molecule has 1 aromatic heterocycles. The lowest BCUT2D eigenvalue weighted by molar-refractivity contribution is 0.102. The predicted octanol–water partition coefficient (Wildman–Crippen LogP) is 2.41. The molecule has 0 bridgehead atoms. The van der Waals surface area contributed by atoms with Crippen LogP contribution in [0.2, 0.25) is 0 Å². The first-order valence-corrected chi connectivity index (χ1v) is 9.03. The van der Waals surface area contributed by atoms with E-state index in [0.29, 0.717) is 24.7 Å². The fraction of sp³-hybridized carbons (Fsp3) is 0.421. The maximum absolute atomic E-state index is 12.6. The highest BCUT2D eigenvalue weighted by Gasteiger charge is 2.17. The van der Waals surface area contributed by atoms with Crippen molar-refractivity contribution in [3.63, 3.8) is 0 Å². The van der Waals surface area contributed by atoms with Gasteiger partial charge in [0.2, 0.25) is 5.95 Å². The first-order valence-electron chi connectivity index (χ1n) is 9.03. The zero-order valence-electron chi connectivity index (χ0n) is 15.3. The van der Waals surface area contributed by atoms with E-state index in [2.05, 4.69) is 34.0 Å². The van der Waals surface area contributed by atoms with E-state index in [0.717, 1.165) is 37.6 Å². The minimum absolute atomic E-state index is 0.211. The zero-order chi connectivity index (χ0) is 18.4. The molecule has 2 heterocycles. The fourth-order valence-corrected chi connectivity index (χ4v) is 2.96. The van der Waals surface area contributed by atoms with Crippen LogP contribution in [0.5, 0.6) is 0 Å². The molecule has 7 heteroatoms. The number of carbonyl (C=O) groups is 1. The van der Waals surface area contributed by atoms with Gasteiger partial charge in [-0.25, -0.2) is 9.97 Å². The van der Waals surface area contributed by atoms with Gasteiger partial charge in [-0.2, -0.15) is 0 Å². The molecule has 0 aliphatic carbocycles. The van der Waals surface area contributed by atoms with E-state index >= 15 is 0 Å². The minimum atomic E-state index is -0.211. The molecular formula is C19H25N5O2. The summed E-state index contributed by atoms with van der Waals surface area (Å²) < 4.78 is 5.41. The molecule has 138 valence electrons. The zero-order valence-corrected chi connectivity index (χ0v) is 15.3. The van der Waals surface area contributed by atoms with Crippen LogP contribution in [-0.2, 0) is 4.74 Å². The second-order valence-corrected chi connectivity index (χ2v) is 6.01. The summed E-state index contributed by atoms with van der Waals surface area (Å²) in [6.07, 6.45) is 3.15. The predicted molar refractivity (Wildman–Crippen MR) is 103 cm³/mol. The van der Waals surface area contributed by atoms with Crippen molar-refractivity contribution in [3.8, 4) is 0 Å². The van der Waals surface area contributed by atoms with Crippen LogP contribution in [0.3, 0.4) is 0 Å². The second-order valence-electron chi connectivity index (χ2n) is 6.01. The van der Waals surface area contributed by atoms with Crippen LogP contribution in [0.15, 0.2) is 36.7 Å². The molecule has 26 heavy (non-hydrogen) atoms. The van der Waals surface area contributed by atoms with Crippen molar-refractivity contribution in [1.82, 2.24) is 9.97 Å². The summed E-state index contributed by atoms with van der Waals surface area (Å²) in [6.45, 7) is 8.78. The molecule has 0 atom stereocenters. The Morgan fingerprint density at radius 3 is 2.46 bits per heavy atom. The molecule has 1 N–H and O–H groups in total. The molecule has 0 saturated carbocycles. The number of nitrogens with zero attached hydrogens (tertiary/aromatic N) is 4. The normalized spacial score (nSPS) is 14.2. The number of rotatable bonds is 6. The number of aromatic nitrogens is 2. The van der Waals surface area contributed by atoms with Crippen LogP contribution in [-0.4, -0.2) is 55.3 Å². The van der Waals surface area contributed by atoms with Gasteiger partial charge in [-0.05, 0) is 26.0 Å². The van der Waals surface area contributed by atoms with E-state index in [1.807, 2.05) is 29.2 Å². The number of hydrogen-bond donors (Lipinski definition) is 1. The number of nitrogens with one attached hydrogen (secondary N) is 1. The summed E-state index contributed by atoms with van der Waals surface area (Å²) in [6, 6.07) is 7.82. The Balaban J connectivity index is 1.74. The van der Waals surface area contributed by atoms with Gasteiger partial charge < -0.3 is 19.9 Å². The Bertz CT molecular complexity index is 725. The number of carbonyl (C=O) groups excluding carboxylic acids is 1. The average molecular weight is 355 g/mol. The van der Waals surface area contributed by atoms with E-state index in [9.17, 15) is 4.79 Å². The van der Waals surface area contributed by atoms with Gasteiger partial charge in [-0.15, -0.1) is 0 Å². The number of morpholine rings is 1. The van der Waals surface area contributed by atoms with Gasteiger partial charge in [0.1, 0.15) is 0 Å². The maximum atomic E-state index is 12.6. The van der Waals surface area contributed by atoms with Gasteiger partial charge in [0.15, 0.2) is 0 Å². The smallest absolute Gasteiger partial charge is 0.258 e. The standard InChI is InChI=1S/C19H25N5O2/c1-3-23(4-2)19-20-13-15(14-21-19)18(25)22-16-7-5-6-8-17(16)24-9-11-26-12-10-24/h5-8,13-14H,3-4,9-12H2,1-2H3,(H,22,25). The van der Waals surface area contributed by atoms with Gasteiger partial charge in [0.25, 0.3) is 5.91 Å². The van der Waals surface area contributed by atoms with Crippen LogP contribution in [0.4, 0.5) is 17.3 Å². The Morgan fingerprint density at radius 2 is 1.81 bits per heavy atom. The van der Waals surface area contributed by atoms with Crippen molar-refractivity contribution in [3.05, 3.63) is 42.2 Å². The molecule has 2 aromatic rings. The fourth-order valence-electron chi connectivity index (χ4n) is 2.96. The Hall–Kier alpha value is -2.67. The number of ether oxygens (including phenoxy) is 1. The summed E-state index contributed by atoms with van der Waals surface area (Å²) in [5.41, 5.74) is 2.23. The molecule has 1 saturated heterocycles. The molecule has 1 amide bonds. The van der Waals surface area contributed by atoms with Crippen molar-refractivity contribution in [1.29, 1.82) is 0 Å². The van der Waals surface area contributed by atoms with Crippen LogP contribution in [0.25, 0.3) is 0 Å². The van der Waals surface area contributed by atoms with Crippen molar-refractivity contribution in [2.75, 3.05) is 54.5 Å². The Morgan fingerprint density at radius 1 is 1.15 bits per heavy atom. The first kappa shape index (κ1) is 18.1. The third kappa shape index (κ3) is 4.11. The van der Waals surface area contributed by atoms with Crippen LogP contribution in [0.1, 0.15) is 24.2 Å². The van der Waals surface area contributed by atoms with E-state index < -0.39 is 0 Å². The lowest BCUT2D eigenvalue weighted by Gasteiger charge is -2.30. The van der Waals surface area contributed by atoms with Crippen LogP contribution in [0, 0.1) is 0 Å². The summed E-state index contributed by atoms with van der Waals surface area (Å²) >= 11 is 0. The maximum Gasteiger partial charge on any atom is 0.258 e. The first-order chi connectivity index (χ1) is 12.7. The molecule has 0 unspecified atom stereocenters. The highest BCUT2D eigenvalue weighted by molar-refractivity contribution is 6.05. The summed E-state index contributed by atoms with van der Waals surface area (Å²) in [7, 11) is 0. The highest BCUT2D eigenvalue weighted by Crippen LogP contribution is 2.26. The van der Waals surface area contributed by atoms with Gasteiger partial charge in [0, 0.05) is 38.6 Å². The molecular weight excluding hydrogens is 330 g/mol. The topological polar surface area (TPSA) is 70.6 Å². The van der Waals surface area contributed by atoms with Gasteiger partial charge in [-0.3, -0.25) is 4.79 Å². The average Bonchev–Trinajstić information content (AvgIpc) is 2.70. The molecule has 0 spiro atoms. The summed E-state index contributed by atoms with van der Waals surface area (Å²) in [5, 5.41) is 2.99. The van der Waals surface area contributed by atoms with Gasteiger partial charge in [-0.1, -0.05) is 12.1 Å². The number of para-hydroxylation sites is 2. The molecule has 1 aliphatic rings. The summed E-state index contributed by atoms with van der Waals surface area (Å²) in [4.78, 5) is 25.5. The molecule has 7 nitrogen and oxygen atoms in total. The van der Waals surface area contributed by atoms with Crippen molar-refractivity contribution < 1.29 is 9.53 Å². The Labute approximate surface area is 154 Å². The third-order valence-corrected chi connectivity index (χ3v) is 4.45. The van der Waals surface area contributed by atoms with E-state index in [1.54, 1.807) is 12.4 Å². The number of hydrogen-bond acceptors (Lipinski definition) is 6. The van der Waals surface area contributed by atoms with Crippen molar-refractivity contribution in [2.45, 2.75) is 13.8 Å². The lowest BCUT2D eigenvalue weighted by atomic mass is 10.2. The second kappa shape index (κ2) is 8.62. The van der Waals surface area contributed by atoms with Crippen LogP contribution >= 0.6 is 0 Å². The van der Waals surface area contributed by atoms with Crippen LogP contribution < -0.4 is 15.1 Å². The third-order valence-electron chi connectivity index (χ3n) is 4.45. The lowest BCUT2D eigenvalue weighted by Crippen LogP contribution is -2.36. The number of benzene rings is 1. The number of anilines is 3.